The molecule has 0 fully saturated rings. The molecule has 0 aromatic rings. The lowest BCUT2D eigenvalue weighted by atomic mass is 10.1. The fourth-order valence-corrected chi connectivity index (χ4v) is 5.63. The number of phosphoric acid groups is 1. The largest absolute Gasteiger partial charge is 0.469 e. The summed E-state index contributed by atoms with van der Waals surface area (Å²) in [7, 11) is -4.78. The standard InChI is InChI=1S/C45H75O8P/c1-3-5-7-9-11-13-15-17-19-21-22-24-25-27-29-31-33-35-37-39-44(46)51-41-43(42-52-54(48,49)50)53-45(47)40-38-36-34-32-30-28-26-23-20-18-16-14-12-10-8-6-4-2/h11-14,17-20,22,24,27,29,33,35,43H,3-10,15-16,21,23,25-26,28,30-32,34,36-42H2,1-2H3,(H2,48,49,50)/b13-11-,14-12-,19-17-,20-18-,24-22-,29-27-,35-33-/t43-/m1/s1. The van der Waals surface area contributed by atoms with Gasteiger partial charge in [0.1, 0.15) is 6.61 Å². The summed E-state index contributed by atoms with van der Waals surface area (Å²) in [4.78, 5) is 42.8. The van der Waals surface area contributed by atoms with Crippen LogP contribution in [0.25, 0.3) is 0 Å². The van der Waals surface area contributed by atoms with Crippen molar-refractivity contribution in [2.75, 3.05) is 13.2 Å². The second-order valence-electron chi connectivity index (χ2n) is 13.6. The van der Waals surface area contributed by atoms with Crippen LogP contribution in [0.3, 0.4) is 0 Å². The first-order valence-electron chi connectivity index (χ1n) is 20.9. The first-order valence-corrected chi connectivity index (χ1v) is 22.4. The zero-order chi connectivity index (χ0) is 39.6. The van der Waals surface area contributed by atoms with E-state index in [0.717, 1.165) is 57.8 Å². The molecular weight excluding hydrogens is 699 g/mol. The Kier molecular flexibility index (Phi) is 37.9. The molecule has 0 unspecified atom stereocenters. The number of unbranched alkanes of at least 4 members (excludes halogenated alkanes) is 13. The summed E-state index contributed by atoms with van der Waals surface area (Å²) in [5, 5.41) is 0. The third-order valence-electron chi connectivity index (χ3n) is 8.40. The minimum atomic E-state index is -4.78. The summed E-state index contributed by atoms with van der Waals surface area (Å²) in [6.45, 7) is 3.55. The molecule has 8 nitrogen and oxygen atoms in total. The maximum absolute atomic E-state index is 12.4. The number of carbonyl (C=O) groups excluding carboxylic acids is 2. The van der Waals surface area contributed by atoms with E-state index in [9.17, 15) is 14.2 Å². The van der Waals surface area contributed by atoms with E-state index >= 15 is 0 Å². The molecule has 0 saturated heterocycles. The zero-order valence-electron chi connectivity index (χ0n) is 33.8. The molecule has 54 heavy (non-hydrogen) atoms. The topological polar surface area (TPSA) is 119 Å². The number of hydrogen-bond donors (Lipinski definition) is 2. The molecule has 0 radical (unpaired) electrons. The van der Waals surface area contributed by atoms with Crippen LogP contribution in [-0.2, 0) is 28.2 Å². The van der Waals surface area contributed by atoms with Crippen molar-refractivity contribution in [2.24, 2.45) is 0 Å². The van der Waals surface area contributed by atoms with E-state index in [4.69, 9.17) is 19.3 Å². The quantitative estimate of drug-likeness (QED) is 0.0277. The molecule has 0 heterocycles. The van der Waals surface area contributed by atoms with Gasteiger partial charge in [-0.15, -0.1) is 0 Å². The Morgan fingerprint density at radius 3 is 1.31 bits per heavy atom. The fraction of sp³-hybridized carbons (Fsp3) is 0.644. The van der Waals surface area contributed by atoms with E-state index in [1.54, 1.807) is 0 Å². The highest BCUT2D eigenvalue weighted by molar-refractivity contribution is 7.46. The van der Waals surface area contributed by atoms with E-state index in [-0.39, 0.29) is 19.4 Å². The summed E-state index contributed by atoms with van der Waals surface area (Å²) in [6, 6.07) is 0. The maximum atomic E-state index is 12.4. The maximum Gasteiger partial charge on any atom is 0.469 e. The van der Waals surface area contributed by atoms with Gasteiger partial charge >= 0.3 is 19.8 Å². The Morgan fingerprint density at radius 1 is 0.481 bits per heavy atom. The van der Waals surface area contributed by atoms with E-state index < -0.39 is 32.5 Å². The van der Waals surface area contributed by atoms with Gasteiger partial charge in [0.15, 0.2) is 6.10 Å². The number of carbonyl (C=O) groups is 2. The predicted molar refractivity (Wildman–Crippen MR) is 225 cm³/mol. The van der Waals surface area contributed by atoms with Crippen LogP contribution < -0.4 is 0 Å². The van der Waals surface area contributed by atoms with E-state index in [2.05, 4.69) is 91.3 Å². The molecule has 0 spiro atoms. The van der Waals surface area contributed by atoms with E-state index in [1.807, 2.05) is 12.2 Å². The molecule has 0 rings (SSSR count). The minimum Gasteiger partial charge on any atom is -0.462 e. The van der Waals surface area contributed by atoms with Gasteiger partial charge in [-0.1, -0.05) is 157 Å². The molecule has 308 valence electrons. The van der Waals surface area contributed by atoms with Crippen molar-refractivity contribution in [1.29, 1.82) is 0 Å². The van der Waals surface area contributed by atoms with Gasteiger partial charge in [-0.2, -0.15) is 0 Å². The number of allylic oxidation sites excluding steroid dienone is 14. The van der Waals surface area contributed by atoms with Gasteiger partial charge < -0.3 is 19.3 Å². The summed E-state index contributed by atoms with van der Waals surface area (Å²) in [6.07, 6.45) is 53.1. The van der Waals surface area contributed by atoms with Crippen LogP contribution in [0.1, 0.15) is 168 Å². The van der Waals surface area contributed by atoms with Gasteiger partial charge in [0.2, 0.25) is 0 Å². The lowest BCUT2D eigenvalue weighted by molar-refractivity contribution is -0.161. The van der Waals surface area contributed by atoms with Crippen LogP contribution in [0.4, 0.5) is 0 Å². The second-order valence-corrected chi connectivity index (χ2v) is 14.8. The normalized spacial score (nSPS) is 13.3. The summed E-state index contributed by atoms with van der Waals surface area (Å²) < 4.78 is 26.3. The summed E-state index contributed by atoms with van der Waals surface area (Å²) in [5.74, 6) is -0.997. The lowest BCUT2D eigenvalue weighted by Crippen LogP contribution is -2.29. The SMILES string of the molecule is CCCCC/C=C\C/C=C\C/C=C\C/C=C\C/C=C\CCC(=O)OC[C@H](COP(=O)(O)O)OC(=O)CCCCCCCCC/C=C\C/C=C\CCCCC. The van der Waals surface area contributed by atoms with Crippen molar-refractivity contribution >= 4 is 19.8 Å². The molecule has 0 aromatic carbocycles. The Bertz CT molecular complexity index is 1140. The van der Waals surface area contributed by atoms with Crippen LogP contribution in [0, 0.1) is 0 Å². The molecule has 9 heteroatoms. The zero-order valence-corrected chi connectivity index (χ0v) is 34.7. The Balaban J connectivity index is 4.08. The number of phosphoric ester groups is 1. The van der Waals surface area contributed by atoms with Crippen molar-refractivity contribution in [2.45, 2.75) is 174 Å². The van der Waals surface area contributed by atoms with Crippen LogP contribution in [0.2, 0.25) is 0 Å². The van der Waals surface area contributed by atoms with E-state index in [1.165, 1.54) is 70.6 Å². The van der Waals surface area contributed by atoms with Gasteiger partial charge in [0, 0.05) is 12.8 Å². The molecule has 0 saturated carbocycles. The predicted octanol–water partition coefficient (Wildman–Crippen LogP) is 12.8. The molecule has 0 aromatic heterocycles. The molecule has 1 atom stereocenters. The van der Waals surface area contributed by atoms with Crippen molar-refractivity contribution < 1.29 is 37.9 Å². The molecule has 2 N–H and O–H groups in total. The van der Waals surface area contributed by atoms with E-state index in [0.29, 0.717) is 12.8 Å². The van der Waals surface area contributed by atoms with Gasteiger partial charge in [-0.3, -0.25) is 14.1 Å². The Labute approximate surface area is 329 Å². The summed E-state index contributed by atoms with van der Waals surface area (Å²) >= 11 is 0. The van der Waals surface area contributed by atoms with Gasteiger partial charge in [0.25, 0.3) is 0 Å². The van der Waals surface area contributed by atoms with Crippen LogP contribution in [0.15, 0.2) is 85.1 Å². The average Bonchev–Trinajstić information content (AvgIpc) is 3.14. The molecule has 0 amide bonds. The molecule has 0 aliphatic heterocycles. The first kappa shape index (κ1) is 51.2. The average molecular weight is 775 g/mol. The van der Waals surface area contributed by atoms with Gasteiger partial charge in [-0.05, 0) is 83.5 Å². The van der Waals surface area contributed by atoms with Crippen LogP contribution in [0.5, 0.6) is 0 Å². The van der Waals surface area contributed by atoms with Crippen molar-refractivity contribution in [3.63, 3.8) is 0 Å². The number of rotatable bonds is 37. The Morgan fingerprint density at radius 2 is 0.870 bits per heavy atom. The van der Waals surface area contributed by atoms with Crippen LogP contribution in [-0.4, -0.2) is 41.0 Å². The smallest absolute Gasteiger partial charge is 0.462 e. The molecule has 0 aliphatic rings. The van der Waals surface area contributed by atoms with Crippen molar-refractivity contribution in [1.82, 2.24) is 0 Å². The van der Waals surface area contributed by atoms with Crippen molar-refractivity contribution in [3.8, 4) is 0 Å². The highest BCUT2D eigenvalue weighted by Gasteiger charge is 2.22. The number of hydrogen-bond acceptors (Lipinski definition) is 6. The minimum absolute atomic E-state index is 0.138. The van der Waals surface area contributed by atoms with Crippen molar-refractivity contribution in [3.05, 3.63) is 85.1 Å². The summed E-state index contributed by atoms with van der Waals surface area (Å²) in [5.41, 5.74) is 0. The molecular formula is C45H75O8P. The third-order valence-corrected chi connectivity index (χ3v) is 8.89. The second kappa shape index (κ2) is 39.9. The first-order chi connectivity index (χ1) is 26.3. The lowest BCUT2D eigenvalue weighted by Gasteiger charge is -2.18. The Hall–Kier alpha value is -2.77. The highest BCUT2D eigenvalue weighted by Crippen LogP contribution is 2.36. The fourth-order valence-electron chi connectivity index (χ4n) is 5.27. The third kappa shape index (κ3) is 42.0. The number of esters is 2. The monoisotopic (exact) mass is 775 g/mol. The number of ether oxygens (including phenoxy) is 2. The van der Waals surface area contributed by atoms with Crippen LogP contribution >= 0.6 is 7.82 Å². The van der Waals surface area contributed by atoms with Gasteiger partial charge in [0.05, 0.1) is 6.61 Å². The molecule has 0 bridgehead atoms. The molecule has 0 aliphatic carbocycles. The highest BCUT2D eigenvalue weighted by atomic mass is 31.2. The van der Waals surface area contributed by atoms with Gasteiger partial charge in [-0.25, -0.2) is 4.57 Å².